The zero-order chi connectivity index (χ0) is 51.4. The molecule has 4 amide bonds. The number of furan rings is 1. The predicted molar refractivity (Wildman–Crippen MR) is 264 cm³/mol. The molecule has 1 aromatic heterocycles. The molecule has 0 aliphatic carbocycles. The smallest absolute Gasteiger partial charge is 0.363 e. The van der Waals surface area contributed by atoms with Gasteiger partial charge in [0.25, 0.3) is 11.8 Å². The largest absolute Gasteiger partial charge is 0.493 e. The van der Waals surface area contributed by atoms with Gasteiger partial charge in [0, 0.05) is 12.6 Å². The Kier molecular flexibility index (Phi) is 19.7. The van der Waals surface area contributed by atoms with Crippen LogP contribution in [0.3, 0.4) is 0 Å². The number of likely N-dealkylation sites (N-methyl/N-ethyl adjacent to an activating group) is 1. The average molecular weight is 988 g/mol. The van der Waals surface area contributed by atoms with Crippen LogP contribution in [-0.4, -0.2) is 92.7 Å². The lowest BCUT2D eigenvalue weighted by molar-refractivity contribution is -0.171. The number of unbranched alkanes of at least 4 members (excludes halogenated alkanes) is 2. The second kappa shape index (κ2) is 26.7. The van der Waals surface area contributed by atoms with Crippen molar-refractivity contribution in [3.63, 3.8) is 0 Å². The summed E-state index contributed by atoms with van der Waals surface area (Å²) in [7, 11) is 1.88. The highest BCUT2D eigenvalue weighted by atomic mass is 16.7. The van der Waals surface area contributed by atoms with E-state index in [1.807, 2.05) is 31.0 Å². The Morgan fingerprint density at radius 2 is 1.53 bits per heavy atom. The maximum Gasteiger partial charge on any atom is 0.363 e. The zero-order valence-electron chi connectivity index (χ0n) is 40.9. The second-order valence-electron chi connectivity index (χ2n) is 16.9. The number of esters is 2. The van der Waals surface area contributed by atoms with Crippen LogP contribution >= 0.6 is 0 Å². The summed E-state index contributed by atoms with van der Waals surface area (Å²) >= 11 is 0. The lowest BCUT2D eigenvalue weighted by atomic mass is 9.90. The molecule has 0 radical (unpaired) electrons. The van der Waals surface area contributed by atoms with Crippen molar-refractivity contribution in [3.05, 3.63) is 137 Å². The Morgan fingerprint density at radius 3 is 2.21 bits per heavy atom. The molecule has 18 nitrogen and oxygen atoms in total. The van der Waals surface area contributed by atoms with Gasteiger partial charge in [-0.3, -0.25) is 24.0 Å². The van der Waals surface area contributed by atoms with Crippen LogP contribution in [0.25, 0.3) is 11.3 Å². The quantitative estimate of drug-likeness (QED) is 0.0165. The molecule has 0 bridgehead atoms. The van der Waals surface area contributed by atoms with Crippen LogP contribution in [0, 0.1) is 5.92 Å². The van der Waals surface area contributed by atoms with Gasteiger partial charge in [-0.15, -0.1) is 0 Å². The van der Waals surface area contributed by atoms with E-state index >= 15 is 0 Å². The van der Waals surface area contributed by atoms with Crippen LogP contribution in [0.1, 0.15) is 102 Å². The number of hydroxylamine groups is 2. The normalized spacial score (nSPS) is 12.9. The molecule has 0 saturated heterocycles. The fraction of sp³-hybridized carbons (Fsp3) is 0.352. The summed E-state index contributed by atoms with van der Waals surface area (Å²) in [6.45, 7) is 6.44. The van der Waals surface area contributed by atoms with Crippen LogP contribution in [0.2, 0.25) is 0 Å². The number of carbonyl (C=O) groups is 7. The summed E-state index contributed by atoms with van der Waals surface area (Å²) in [6.07, 6.45) is 2.93. The van der Waals surface area contributed by atoms with E-state index in [1.54, 1.807) is 98.8 Å². The summed E-state index contributed by atoms with van der Waals surface area (Å²) in [6, 6.07) is 28.2. The monoisotopic (exact) mass is 987 g/mol. The first-order valence-corrected chi connectivity index (χ1v) is 24.0. The van der Waals surface area contributed by atoms with Crippen LogP contribution in [-0.2, 0) is 46.7 Å². The number of hydrogen-bond acceptors (Lipinski definition) is 14. The van der Waals surface area contributed by atoms with Crippen LogP contribution < -0.4 is 30.3 Å². The number of anilines is 1. The molecule has 72 heavy (non-hydrogen) atoms. The maximum atomic E-state index is 13.8. The van der Waals surface area contributed by atoms with Gasteiger partial charge in [0.05, 0.1) is 55.0 Å². The minimum atomic E-state index is -1.41. The number of nitrogens with zero attached hydrogens (tertiary/aromatic N) is 2. The fourth-order valence-electron chi connectivity index (χ4n) is 7.95. The van der Waals surface area contributed by atoms with Crippen molar-refractivity contribution in [2.45, 2.75) is 84.6 Å². The predicted octanol–water partition coefficient (Wildman–Crippen LogP) is 7.16. The Morgan fingerprint density at radius 1 is 0.806 bits per heavy atom. The second-order valence-corrected chi connectivity index (χ2v) is 16.9. The van der Waals surface area contributed by atoms with Gasteiger partial charge in [0.2, 0.25) is 12.3 Å². The van der Waals surface area contributed by atoms with Crippen LogP contribution in [0.4, 0.5) is 5.69 Å². The summed E-state index contributed by atoms with van der Waals surface area (Å²) in [5.74, 6) is -4.04. The average Bonchev–Trinajstić information content (AvgIpc) is 3.90. The van der Waals surface area contributed by atoms with Crippen molar-refractivity contribution >= 4 is 47.7 Å². The molecule has 0 saturated carbocycles. The van der Waals surface area contributed by atoms with E-state index in [0.29, 0.717) is 55.0 Å². The first-order chi connectivity index (χ1) is 34.9. The Bertz CT molecular complexity index is 2640. The number of amides is 4. The highest BCUT2D eigenvalue weighted by Crippen LogP contribution is 2.33. The summed E-state index contributed by atoms with van der Waals surface area (Å²) < 4.78 is 28.3. The van der Waals surface area contributed by atoms with E-state index in [0.717, 1.165) is 23.5 Å². The molecule has 1 aliphatic heterocycles. The molecule has 2 heterocycles. The van der Waals surface area contributed by atoms with Crippen LogP contribution in [0.5, 0.6) is 11.5 Å². The number of nitrogens with one attached hydrogen (secondary N) is 3. The van der Waals surface area contributed by atoms with Gasteiger partial charge in [-0.2, -0.15) is 5.06 Å². The number of fused-ring (bicyclic) bond motifs is 1. The SMILES string of the molecule is CCCCCC(C(=O)NCNC(=O)c1ccc(-c2ccc(C(=O)NC(CC(=O)OCc3ccccc3)C(=O)OCc3ccccc3)c(OCC)c2)o1)C(CC)N(C=O)OC(=O)c1ccc2c(c1)N(C)CCO2. The molecule has 1 aliphatic rings. The minimum Gasteiger partial charge on any atom is -0.493 e. The minimum absolute atomic E-state index is 0.0298. The van der Waals surface area contributed by atoms with E-state index in [2.05, 4.69) is 16.0 Å². The van der Waals surface area contributed by atoms with Crippen LogP contribution in [0.15, 0.2) is 114 Å². The van der Waals surface area contributed by atoms with Gasteiger partial charge in [-0.1, -0.05) is 99.8 Å². The van der Waals surface area contributed by atoms with Crippen molar-refractivity contribution in [3.8, 4) is 22.8 Å². The lowest BCUT2D eigenvalue weighted by Gasteiger charge is -2.32. The Labute approximate surface area is 418 Å². The first kappa shape index (κ1) is 53.2. The topological polar surface area (TPSA) is 221 Å². The van der Waals surface area contributed by atoms with Crippen molar-refractivity contribution in [1.29, 1.82) is 0 Å². The first-order valence-electron chi connectivity index (χ1n) is 24.0. The molecule has 5 aromatic rings. The summed E-state index contributed by atoms with van der Waals surface area (Å²) in [5, 5.41) is 8.89. The zero-order valence-corrected chi connectivity index (χ0v) is 40.9. The number of carbonyl (C=O) groups excluding carboxylic acids is 7. The molecular formula is C54H61N5O13. The highest BCUT2D eigenvalue weighted by Gasteiger charge is 2.34. The lowest BCUT2D eigenvalue weighted by Crippen LogP contribution is -2.49. The molecule has 3 unspecified atom stereocenters. The number of hydrogen-bond donors (Lipinski definition) is 3. The summed E-state index contributed by atoms with van der Waals surface area (Å²) in [5.41, 5.74) is 2.86. The van der Waals surface area contributed by atoms with Gasteiger partial charge in [-0.25, -0.2) is 9.59 Å². The van der Waals surface area contributed by atoms with Gasteiger partial charge >= 0.3 is 17.9 Å². The van der Waals surface area contributed by atoms with E-state index in [1.165, 1.54) is 12.1 Å². The van der Waals surface area contributed by atoms with Crippen molar-refractivity contribution in [1.82, 2.24) is 21.0 Å². The van der Waals surface area contributed by atoms with Gasteiger partial charge in [-0.05, 0) is 73.4 Å². The Hall–Kier alpha value is -8.15. The van der Waals surface area contributed by atoms with Gasteiger partial charge in [0.1, 0.15) is 43.1 Å². The molecule has 4 aromatic carbocycles. The van der Waals surface area contributed by atoms with E-state index < -0.39 is 60.1 Å². The highest BCUT2D eigenvalue weighted by molar-refractivity contribution is 6.00. The summed E-state index contributed by atoms with van der Waals surface area (Å²) in [4.78, 5) is 101. The van der Waals surface area contributed by atoms with Crippen molar-refractivity contribution in [2.24, 2.45) is 5.92 Å². The molecular weight excluding hydrogens is 927 g/mol. The van der Waals surface area contributed by atoms with Crippen molar-refractivity contribution in [2.75, 3.05) is 38.4 Å². The van der Waals surface area contributed by atoms with Crippen molar-refractivity contribution < 1.29 is 61.8 Å². The standard InChI is InChI=1S/C54H61N5O13/c1-5-8-11-20-40(43(6-2)59(35-60)72-53(65)39-22-24-46-44(29-39)58(4)27-28-68-46)50(62)55-34-56-52(64)47-26-25-45(71-47)38-21-23-41(48(30-38)67-7-3)51(63)57-42(54(66)70-33-37-18-14-10-15-19-37)31-49(61)69-32-36-16-12-9-13-17-36/h9-10,12-19,21-26,29-30,35,40,42-43H,5-8,11,20,27-28,31-34H2,1-4H3,(H,55,62)(H,56,64)(H,57,63). The third-order valence-electron chi connectivity index (χ3n) is 11.8. The number of benzene rings is 4. The van der Waals surface area contributed by atoms with E-state index in [-0.39, 0.29) is 61.3 Å². The molecule has 380 valence electrons. The molecule has 0 spiro atoms. The van der Waals surface area contributed by atoms with E-state index in [4.69, 9.17) is 28.2 Å². The molecule has 18 heteroatoms. The number of rotatable bonds is 26. The molecule has 6 rings (SSSR count). The maximum absolute atomic E-state index is 13.8. The molecule has 0 fully saturated rings. The third-order valence-corrected chi connectivity index (χ3v) is 11.8. The molecule has 3 N–H and O–H groups in total. The van der Waals surface area contributed by atoms with Gasteiger partial charge in [0.15, 0.2) is 5.76 Å². The van der Waals surface area contributed by atoms with E-state index in [9.17, 15) is 33.6 Å². The number of ether oxygens (including phenoxy) is 4. The van der Waals surface area contributed by atoms with Gasteiger partial charge < -0.3 is 49.1 Å². The Balaban J connectivity index is 1.08. The molecule has 3 atom stereocenters. The fourth-order valence-corrected chi connectivity index (χ4v) is 7.95. The third kappa shape index (κ3) is 14.7.